The number of rotatable bonds is 4. The highest BCUT2D eigenvalue weighted by molar-refractivity contribution is 7.80. The summed E-state index contributed by atoms with van der Waals surface area (Å²) in [6.45, 7) is 7.70. The molecule has 0 bridgehead atoms. The molecular weight excluding hydrogens is 272 g/mol. The van der Waals surface area contributed by atoms with E-state index in [1.807, 2.05) is 43.1 Å². The molecule has 0 saturated heterocycles. The quantitative estimate of drug-likeness (QED) is 0.680. The van der Waals surface area contributed by atoms with Gasteiger partial charge in [0.15, 0.2) is 22.7 Å². The van der Waals surface area contributed by atoms with Crippen LogP contribution in [-0.4, -0.2) is 42.9 Å². The Morgan fingerprint density at radius 3 is 2.85 bits per heavy atom. The van der Waals surface area contributed by atoms with Crippen molar-refractivity contribution < 1.29 is 9.47 Å². The van der Waals surface area contributed by atoms with Crippen LogP contribution in [0.15, 0.2) is 36.4 Å². The molecule has 5 heteroatoms. The maximum absolute atomic E-state index is 5.91. The van der Waals surface area contributed by atoms with Crippen LogP contribution in [0, 0.1) is 0 Å². The fourth-order valence-corrected chi connectivity index (χ4v) is 2.05. The SMILES string of the molecule is C=C(C)CNC(=S)N(C)C[C@H]1COc2ccccc2O1. The molecule has 0 unspecified atom stereocenters. The monoisotopic (exact) mass is 292 g/mol. The van der Waals surface area contributed by atoms with Gasteiger partial charge in [-0.05, 0) is 31.3 Å². The van der Waals surface area contributed by atoms with Crippen LogP contribution in [0.1, 0.15) is 6.92 Å². The smallest absolute Gasteiger partial charge is 0.169 e. The first-order valence-electron chi connectivity index (χ1n) is 6.58. The Bertz CT molecular complexity index is 504. The number of benzene rings is 1. The van der Waals surface area contributed by atoms with Crippen molar-refractivity contribution in [1.82, 2.24) is 10.2 Å². The van der Waals surface area contributed by atoms with Gasteiger partial charge < -0.3 is 19.7 Å². The number of para-hydroxylation sites is 2. The number of nitrogens with zero attached hydrogens (tertiary/aromatic N) is 1. The molecule has 1 N–H and O–H groups in total. The number of likely N-dealkylation sites (N-methyl/N-ethyl adjacent to an activating group) is 1. The summed E-state index contributed by atoms with van der Waals surface area (Å²) >= 11 is 5.32. The van der Waals surface area contributed by atoms with E-state index >= 15 is 0 Å². The lowest BCUT2D eigenvalue weighted by atomic mass is 10.2. The molecule has 1 aliphatic rings. The topological polar surface area (TPSA) is 33.7 Å². The zero-order valence-electron chi connectivity index (χ0n) is 11.9. The molecule has 1 aromatic carbocycles. The molecule has 0 amide bonds. The summed E-state index contributed by atoms with van der Waals surface area (Å²) in [4.78, 5) is 1.96. The Balaban J connectivity index is 1.85. The van der Waals surface area contributed by atoms with Crippen LogP contribution in [0.2, 0.25) is 0 Å². The van der Waals surface area contributed by atoms with E-state index in [1.54, 1.807) is 0 Å². The summed E-state index contributed by atoms with van der Waals surface area (Å²) < 4.78 is 11.6. The molecule has 0 aliphatic carbocycles. The van der Waals surface area contributed by atoms with E-state index in [1.165, 1.54) is 0 Å². The van der Waals surface area contributed by atoms with Gasteiger partial charge in [0.25, 0.3) is 0 Å². The standard InChI is InChI=1S/C15H20N2O2S/c1-11(2)8-16-15(20)17(3)9-12-10-18-13-6-4-5-7-14(13)19-12/h4-7,12H,1,8-10H2,2-3H3,(H,16,20)/t12-/m0/s1. The van der Waals surface area contributed by atoms with E-state index in [-0.39, 0.29) is 6.10 Å². The Labute approximate surface area is 125 Å². The van der Waals surface area contributed by atoms with E-state index in [9.17, 15) is 0 Å². The molecule has 0 aromatic heterocycles. The minimum absolute atomic E-state index is 0.0283. The molecule has 0 radical (unpaired) electrons. The van der Waals surface area contributed by atoms with Crippen LogP contribution in [0.25, 0.3) is 0 Å². The number of hydrogen-bond donors (Lipinski definition) is 1. The second-order valence-electron chi connectivity index (χ2n) is 4.99. The van der Waals surface area contributed by atoms with Gasteiger partial charge in [0.2, 0.25) is 0 Å². The number of fused-ring (bicyclic) bond motifs is 1. The van der Waals surface area contributed by atoms with Gasteiger partial charge >= 0.3 is 0 Å². The summed E-state index contributed by atoms with van der Waals surface area (Å²) in [6, 6.07) is 7.70. The van der Waals surface area contributed by atoms with Crippen LogP contribution >= 0.6 is 12.2 Å². The van der Waals surface area contributed by atoms with Crippen LogP contribution in [0.5, 0.6) is 11.5 Å². The Kier molecular flexibility index (Phi) is 4.84. The fourth-order valence-electron chi connectivity index (χ4n) is 1.90. The molecule has 0 fully saturated rings. The summed E-state index contributed by atoms with van der Waals surface area (Å²) in [7, 11) is 1.94. The zero-order chi connectivity index (χ0) is 14.5. The molecule has 4 nitrogen and oxygen atoms in total. The van der Waals surface area contributed by atoms with Gasteiger partial charge in [-0.1, -0.05) is 24.3 Å². The lowest BCUT2D eigenvalue weighted by Gasteiger charge is -2.30. The highest BCUT2D eigenvalue weighted by Crippen LogP contribution is 2.30. The zero-order valence-corrected chi connectivity index (χ0v) is 12.7. The predicted molar refractivity (Wildman–Crippen MR) is 84.4 cm³/mol. The highest BCUT2D eigenvalue weighted by Gasteiger charge is 2.22. The van der Waals surface area contributed by atoms with Gasteiger partial charge in [-0.15, -0.1) is 0 Å². The summed E-state index contributed by atoms with van der Waals surface area (Å²) in [5.41, 5.74) is 1.05. The normalized spacial score (nSPS) is 16.4. The second-order valence-corrected chi connectivity index (χ2v) is 5.38. The largest absolute Gasteiger partial charge is 0.486 e. The van der Waals surface area contributed by atoms with Crippen LogP contribution < -0.4 is 14.8 Å². The van der Waals surface area contributed by atoms with Gasteiger partial charge in [0.05, 0.1) is 6.54 Å². The van der Waals surface area contributed by atoms with Crippen LogP contribution in [-0.2, 0) is 0 Å². The molecule has 20 heavy (non-hydrogen) atoms. The third-order valence-electron chi connectivity index (χ3n) is 2.93. The van der Waals surface area contributed by atoms with E-state index in [2.05, 4.69) is 11.9 Å². The minimum Gasteiger partial charge on any atom is -0.486 e. The van der Waals surface area contributed by atoms with E-state index in [0.29, 0.717) is 24.8 Å². The molecule has 1 atom stereocenters. The third kappa shape index (κ3) is 3.87. The first kappa shape index (κ1) is 14.7. The molecule has 1 aliphatic heterocycles. The van der Waals surface area contributed by atoms with Gasteiger partial charge in [0, 0.05) is 13.6 Å². The fraction of sp³-hybridized carbons (Fsp3) is 0.400. The number of thiocarbonyl (C=S) groups is 1. The van der Waals surface area contributed by atoms with E-state index < -0.39 is 0 Å². The average molecular weight is 292 g/mol. The summed E-state index contributed by atoms with van der Waals surface area (Å²) in [5.74, 6) is 1.59. The number of nitrogens with one attached hydrogen (secondary N) is 1. The first-order chi connectivity index (χ1) is 9.56. The van der Waals surface area contributed by atoms with Gasteiger partial charge in [-0.3, -0.25) is 0 Å². The molecular formula is C15H20N2O2S. The Morgan fingerprint density at radius 1 is 1.45 bits per heavy atom. The molecule has 1 heterocycles. The van der Waals surface area contributed by atoms with Crippen LogP contribution in [0.4, 0.5) is 0 Å². The van der Waals surface area contributed by atoms with Gasteiger partial charge in [0.1, 0.15) is 6.61 Å². The molecule has 2 rings (SSSR count). The predicted octanol–water partition coefficient (Wildman–Crippen LogP) is 2.21. The van der Waals surface area contributed by atoms with E-state index in [4.69, 9.17) is 21.7 Å². The first-order valence-corrected chi connectivity index (χ1v) is 6.99. The Hall–Kier alpha value is -1.75. The van der Waals surface area contributed by atoms with Gasteiger partial charge in [-0.25, -0.2) is 0 Å². The van der Waals surface area contributed by atoms with Crippen molar-refractivity contribution in [3.8, 4) is 11.5 Å². The van der Waals surface area contributed by atoms with Crippen molar-refractivity contribution in [3.05, 3.63) is 36.4 Å². The molecule has 0 spiro atoms. The number of ether oxygens (including phenoxy) is 2. The summed E-state index contributed by atoms with van der Waals surface area (Å²) in [5, 5.41) is 3.84. The highest BCUT2D eigenvalue weighted by atomic mass is 32.1. The maximum atomic E-state index is 5.91. The molecule has 0 saturated carbocycles. The summed E-state index contributed by atoms with van der Waals surface area (Å²) in [6.07, 6.45) is -0.0283. The molecule has 108 valence electrons. The minimum atomic E-state index is -0.0283. The van der Waals surface area contributed by atoms with Crippen molar-refractivity contribution in [3.63, 3.8) is 0 Å². The number of hydrogen-bond acceptors (Lipinski definition) is 3. The van der Waals surface area contributed by atoms with E-state index in [0.717, 1.165) is 17.1 Å². The second kappa shape index (κ2) is 6.61. The third-order valence-corrected chi connectivity index (χ3v) is 3.39. The van der Waals surface area contributed by atoms with Gasteiger partial charge in [-0.2, -0.15) is 0 Å². The van der Waals surface area contributed by atoms with Crippen molar-refractivity contribution in [2.45, 2.75) is 13.0 Å². The average Bonchev–Trinajstić information content (AvgIpc) is 2.44. The maximum Gasteiger partial charge on any atom is 0.169 e. The van der Waals surface area contributed by atoms with Crippen molar-refractivity contribution in [2.24, 2.45) is 0 Å². The van der Waals surface area contributed by atoms with Crippen LogP contribution in [0.3, 0.4) is 0 Å². The van der Waals surface area contributed by atoms with Crippen molar-refractivity contribution in [2.75, 3.05) is 26.7 Å². The lowest BCUT2D eigenvalue weighted by molar-refractivity contribution is 0.0779. The Morgan fingerprint density at radius 2 is 2.15 bits per heavy atom. The lowest BCUT2D eigenvalue weighted by Crippen LogP contribution is -2.45. The van der Waals surface area contributed by atoms with Crippen molar-refractivity contribution >= 4 is 17.3 Å². The molecule has 1 aromatic rings. The van der Waals surface area contributed by atoms with Crippen molar-refractivity contribution in [1.29, 1.82) is 0 Å².